The number of aliphatic hydroxyl groups excluding tert-OH is 1. The molecule has 2 nitrogen and oxygen atoms in total. The molecule has 0 aromatic heterocycles. The van der Waals surface area contributed by atoms with Crippen LogP contribution < -0.4 is 5.32 Å². The van der Waals surface area contributed by atoms with Crippen molar-refractivity contribution in [3.8, 4) is 0 Å². The SMILES string of the molecule is CCC(C)SCCC(CO)(NC)c1ccccc1. The van der Waals surface area contributed by atoms with Crippen LogP contribution in [0.25, 0.3) is 0 Å². The molecule has 0 fully saturated rings. The third-order valence-corrected chi connectivity index (χ3v) is 4.92. The van der Waals surface area contributed by atoms with Crippen molar-refractivity contribution in [3.05, 3.63) is 35.9 Å². The summed E-state index contributed by atoms with van der Waals surface area (Å²) >= 11 is 1.98. The van der Waals surface area contributed by atoms with Gasteiger partial charge in [0.1, 0.15) is 0 Å². The van der Waals surface area contributed by atoms with Gasteiger partial charge in [-0.05, 0) is 31.2 Å². The Hall–Kier alpha value is -0.510. The lowest BCUT2D eigenvalue weighted by Gasteiger charge is -2.32. The van der Waals surface area contributed by atoms with E-state index in [1.165, 1.54) is 12.0 Å². The topological polar surface area (TPSA) is 32.3 Å². The standard InChI is InChI=1S/C15H25NOS/c1-4-13(2)18-11-10-15(12-17,16-3)14-8-6-5-7-9-14/h5-9,13,16-17H,4,10-12H2,1-3H3. The fraction of sp³-hybridized carbons (Fsp3) is 0.600. The second-order valence-electron chi connectivity index (χ2n) is 4.70. The maximum atomic E-state index is 9.78. The molecule has 0 saturated heterocycles. The average molecular weight is 267 g/mol. The fourth-order valence-corrected chi connectivity index (χ4v) is 3.08. The molecule has 1 aromatic carbocycles. The van der Waals surface area contributed by atoms with Crippen molar-refractivity contribution in [3.63, 3.8) is 0 Å². The maximum Gasteiger partial charge on any atom is 0.0674 e. The predicted octanol–water partition coefficient (Wildman–Crippen LogP) is 3.02. The quantitative estimate of drug-likeness (QED) is 0.759. The Morgan fingerprint density at radius 3 is 2.50 bits per heavy atom. The third-order valence-electron chi connectivity index (χ3n) is 3.58. The minimum Gasteiger partial charge on any atom is -0.394 e. The van der Waals surface area contributed by atoms with Gasteiger partial charge < -0.3 is 10.4 Å². The Morgan fingerprint density at radius 2 is 2.00 bits per heavy atom. The molecule has 2 N–H and O–H groups in total. The Balaban J connectivity index is 2.69. The predicted molar refractivity (Wildman–Crippen MR) is 81.1 cm³/mol. The van der Waals surface area contributed by atoms with Crippen LogP contribution in [0.4, 0.5) is 0 Å². The molecule has 0 heterocycles. The second kappa shape index (κ2) is 7.82. The van der Waals surface area contributed by atoms with Crippen LogP contribution in [-0.4, -0.2) is 29.8 Å². The Morgan fingerprint density at radius 1 is 1.33 bits per heavy atom. The van der Waals surface area contributed by atoms with Crippen LogP contribution in [0.5, 0.6) is 0 Å². The van der Waals surface area contributed by atoms with Crippen LogP contribution in [0.1, 0.15) is 32.3 Å². The Kier molecular flexibility index (Phi) is 6.76. The number of hydrogen-bond acceptors (Lipinski definition) is 3. The van der Waals surface area contributed by atoms with Crippen molar-refractivity contribution in [1.82, 2.24) is 5.32 Å². The highest BCUT2D eigenvalue weighted by Crippen LogP contribution is 2.27. The van der Waals surface area contributed by atoms with Crippen molar-refractivity contribution >= 4 is 11.8 Å². The molecule has 0 bridgehead atoms. The van der Waals surface area contributed by atoms with Crippen LogP contribution in [0.2, 0.25) is 0 Å². The van der Waals surface area contributed by atoms with Crippen LogP contribution in [0.3, 0.4) is 0 Å². The van der Waals surface area contributed by atoms with Crippen LogP contribution >= 0.6 is 11.8 Å². The normalized spacial score (nSPS) is 16.2. The van der Waals surface area contributed by atoms with Crippen LogP contribution in [0.15, 0.2) is 30.3 Å². The highest BCUT2D eigenvalue weighted by atomic mass is 32.2. The molecule has 102 valence electrons. The van der Waals surface area contributed by atoms with E-state index in [-0.39, 0.29) is 12.1 Å². The molecule has 0 aliphatic rings. The van der Waals surface area contributed by atoms with E-state index in [9.17, 15) is 5.11 Å². The first kappa shape index (κ1) is 15.5. The average Bonchev–Trinajstić information content (AvgIpc) is 2.44. The lowest BCUT2D eigenvalue weighted by atomic mass is 9.88. The van der Waals surface area contributed by atoms with Crippen molar-refractivity contribution in [2.75, 3.05) is 19.4 Å². The summed E-state index contributed by atoms with van der Waals surface area (Å²) in [6, 6.07) is 10.2. The number of rotatable bonds is 8. The van der Waals surface area contributed by atoms with Gasteiger partial charge in [0, 0.05) is 5.25 Å². The molecular weight excluding hydrogens is 242 g/mol. The molecule has 0 amide bonds. The summed E-state index contributed by atoms with van der Waals surface area (Å²) in [6.07, 6.45) is 2.14. The van der Waals surface area contributed by atoms with Crippen molar-refractivity contribution < 1.29 is 5.11 Å². The molecule has 0 spiro atoms. The molecule has 1 rings (SSSR count). The third kappa shape index (κ3) is 4.01. The largest absolute Gasteiger partial charge is 0.394 e. The number of benzene rings is 1. The fourth-order valence-electron chi connectivity index (χ4n) is 1.97. The van der Waals surface area contributed by atoms with E-state index < -0.39 is 0 Å². The molecule has 0 radical (unpaired) electrons. The number of nitrogens with one attached hydrogen (secondary N) is 1. The molecular formula is C15H25NOS. The smallest absolute Gasteiger partial charge is 0.0674 e. The summed E-state index contributed by atoms with van der Waals surface area (Å²) in [5, 5.41) is 13.8. The first-order valence-electron chi connectivity index (χ1n) is 6.65. The molecule has 3 heteroatoms. The van der Waals surface area contributed by atoms with Gasteiger partial charge in [0.2, 0.25) is 0 Å². The number of hydrogen-bond donors (Lipinski definition) is 2. The van der Waals surface area contributed by atoms with E-state index in [1.807, 2.05) is 37.0 Å². The minimum absolute atomic E-state index is 0.134. The van der Waals surface area contributed by atoms with E-state index in [2.05, 4.69) is 31.3 Å². The molecule has 0 saturated carbocycles. The molecule has 1 aromatic rings. The first-order valence-corrected chi connectivity index (χ1v) is 7.70. The molecule has 0 aliphatic carbocycles. The van der Waals surface area contributed by atoms with E-state index in [0.717, 1.165) is 12.2 Å². The van der Waals surface area contributed by atoms with Gasteiger partial charge in [0.25, 0.3) is 0 Å². The van der Waals surface area contributed by atoms with Gasteiger partial charge in [-0.2, -0.15) is 11.8 Å². The Bertz CT molecular complexity index is 325. The van der Waals surface area contributed by atoms with E-state index in [1.54, 1.807) is 0 Å². The monoisotopic (exact) mass is 267 g/mol. The molecule has 2 unspecified atom stereocenters. The number of aliphatic hydroxyl groups is 1. The van der Waals surface area contributed by atoms with E-state index >= 15 is 0 Å². The highest BCUT2D eigenvalue weighted by molar-refractivity contribution is 7.99. The zero-order valence-corrected chi connectivity index (χ0v) is 12.5. The minimum atomic E-state index is -0.304. The van der Waals surface area contributed by atoms with Gasteiger partial charge in [0.05, 0.1) is 12.1 Å². The van der Waals surface area contributed by atoms with E-state index in [0.29, 0.717) is 5.25 Å². The summed E-state index contributed by atoms with van der Waals surface area (Å²) in [4.78, 5) is 0. The second-order valence-corrected chi connectivity index (χ2v) is 6.24. The molecule has 2 atom stereocenters. The zero-order valence-electron chi connectivity index (χ0n) is 11.6. The van der Waals surface area contributed by atoms with Crippen LogP contribution in [-0.2, 0) is 5.54 Å². The lowest BCUT2D eigenvalue weighted by molar-refractivity contribution is 0.165. The van der Waals surface area contributed by atoms with Gasteiger partial charge in [-0.25, -0.2) is 0 Å². The van der Waals surface area contributed by atoms with Crippen molar-refractivity contribution in [2.24, 2.45) is 0 Å². The lowest BCUT2D eigenvalue weighted by Crippen LogP contribution is -2.44. The zero-order chi connectivity index (χ0) is 13.4. The van der Waals surface area contributed by atoms with Gasteiger partial charge in [-0.1, -0.05) is 44.2 Å². The van der Waals surface area contributed by atoms with E-state index in [4.69, 9.17) is 0 Å². The van der Waals surface area contributed by atoms with Crippen molar-refractivity contribution in [2.45, 2.75) is 37.5 Å². The van der Waals surface area contributed by atoms with Gasteiger partial charge >= 0.3 is 0 Å². The summed E-state index contributed by atoms with van der Waals surface area (Å²) in [6.45, 7) is 4.61. The summed E-state index contributed by atoms with van der Waals surface area (Å²) < 4.78 is 0. The first-order chi connectivity index (χ1) is 8.68. The number of likely N-dealkylation sites (N-methyl/N-ethyl adjacent to an activating group) is 1. The molecule has 18 heavy (non-hydrogen) atoms. The molecule has 0 aliphatic heterocycles. The highest BCUT2D eigenvalue weighted by Gasteiger charge is 2.29. The summed E-state index contributed by atoms with van der Waals surface area (Å²) in [5.74, 6) is 1.06. The number of thioether (sulfide) groups is 1. The Labute approximate surface area is 115 Å². The summed E-state index contributed by atoms with van der Waals surface area (Å²) in [5.41, 5.74) is 0.863. The van der Waals surface area contributed by atoms with Gasteiger partial charge in [-0.3, -0.25) is 0 Å². The van der Waals surface area contributed by atoms with Crippen molar-refractivity contribution in [1.29, 1.82) is 0 Å². The summed E-state index contributed by atoms with van der Waals surface area (Å²) in [7, 11) is 1.93. The van der Waals surface area contributed by atoms with Crippen LogP contribution in [0, 0.1) is 0 Å². The van der Waals surface area contributed by atoms with Gasteiger partial charge in [0.15, 0.2) is 0 Å². The maximum absolute atomic E-state index is 9.78. The van der Waals surface area contributed by atoms with Gasteiger partial charge in [-0.15, -0.1) is 0 Å².